The van der Waals surface area contributed by atoms with Gasteiger partial charge in [0.15, 0.2) is 0 Å². The van der Waals surface area contributed by atoms with E-state index in [0.29, 0.717) is 6.54 Å². The average Bonchev–Trinajstić information content (AvgIpc) is 2.36. The smallest absolute Gasteiger partial charge is 0.124 e. The van der Waals surface area contributed by atoms with Gasteiger partial charge in [0.1, 0.15) is 5.82 Å². The number of nitrogens with zero attached hydrogens (tertiary/aromatic N) is 1. The highest BCUT2D eigenvalue weighted by molar-refractivity contribution is 9.10. The summed E-state index contributed by atoms with van der Waals surface area (Å²) in [6, 6.07) is 10.8. The standard InChI is InChI=1S/C14H14BrFN2/c1-10(14-4-2-3-5-17-14)18-9-11-6-12(15)8-13(16)7-11/h2-8,10,18H,9H2,1H3. The van der Waals surface area contributed by atoms with Crippen molar-refractivity contribution in [1.29, 1.82) is 0 Å². The number of aromatic nitrogens is 1. The Balaban J connectivity index is 1.99. The number of halogens is 2. The second-order valence-electron chi connectivity index (χ2n) is 4.13. The molecule has 1 heterocycles. The molecule has 0 aliphatic rings. The lowest BCUT2D eigenvalue weighted by molar-refractivity contribution is 0.557. The number of pyridine rings is 1. The Hall–Kier alpha value is -1.26. The van der Waals surface area contributed by atoms with Crippen molar-refractivity contribution in [1.82, 2.24) is 10.3 Å². The van der Waals surface area contributed by atoms with Crippen LogP contribution in [0.25, 0.3) is 0 Å². The van der Waals surface area contributed by atoms with Crippen molar-refractivity contribution >= 4 is 15.9 Å². The molecule has 0 aliphatic carbocycles. The van der Waals surface area contributed by atoms with Crippen LogP contribution >= 0.6 is 15.9 Å². The van der Waals surface area contributed by atoms with Crippen LogP contribution in [0.5, 0.6) is 0 Å². The van der Waals surface area contributed by atoms with Crippen LogP contribution in [0.15, 0.2) is 47.1 Å². The summed E-state index contributed by atoms with van der Waals surface area (Å²) >= 11 is 3.28. The number of nitrogens with one attached hydrogen (secondary N) is 1. The molecule has 0 aliphatic heterocycles. The Morgan fingerprint density at radius 3 is 2.83 bits per heavy atom. The van der Waals surface area contributed by atoms with E-state index in [1.165, 1.54) is 12.1 Å². The fourth-order valence-corrected chi connectivity index (χ4v) is 2.23. The molecule has 0 amide bonds. The molecular weight excluding hydrogens is 295 g/mol. The summed E-state index contributed by atoms with van der Waals surface area (Å²) in [5.74, 6) is -0.230. The van der Waals surface area contributed by atoms with Gasteiger partial charge in [0.05, 0.1) is 5.69 Å². The lowest BCUT2D eigenvalue weighted by Gasteiger charge is -2.13. The zero-order valence-electron chi connectivity index (χ0n) is 10.0. The van der Waals surface area contributed by atoms with E-state index in [1.807, 2.05) is 31.2 Å². The number of hydrogen-bond donors (Lipinski definition) is 1. The van der Waals surface area contributed by atoms with Crippen LogP contribution in [0.3, 0.4) is 0 Å². The highest BCUT2D eigenvalue weighted by Gasteiger charge is 2.06. The molecule has 18 heavy (non-hydrogen) atoms. The van der Waals surface area contributed by atoms with Gasteiger partial charge >= 0.3 is 0 Å². The van der Waals surface area contributed by atoms with Crippen LogP contribution in [-0.2, 0) is 6.54 Å². The summed E-state index contributed by atoms with van der Waals surface area (Å²) in [4.78, 5) is 4.28. The van der Waals surface area contributed by atoms with E-state index in [1.54, 1.807) is 6.20 Å². The summed E-state index contributed by atoms with van der Waals surface area (Å²) in [6.45, 7) is 2.64. The quantitative estimate of drug-likeness (QED) is 0.928. The molecule has 1 unspecified atom stereocenters. The van der Waals surface area contributed by atoms with Crippen LogP contribution < -0.4 is 5.32 Å². The van der Waals surface area contributed by atoms with E-state index < -0.39 is 0 Å². The second-order valence-corrected chi connectivity index (χ2v) is 5.05. The first kappa shape index (κ1) is 13.2. The van der Waals surface area contributed by atoms with Gasteiger partial charge in [-0.25, -0.2) is 4.39 Å². The van der Waals surface area contributed by atoms with Crippen molar-refractivity contribution in [2.75, 3.05) is 0 Å². The van der Waals surface area contributed by atoms with E-state index in [4.69, 9.17) is 0 Å². The molecule has 2 nitrogen and oxygen atoms in total. The second kappa shape index (κ2) is 6.07. The van der Waals surface area contributed by atoms with E-state index >= 15 is 0 Å². The molecule has 1 N–H and O–H groups in total. The van der Waals surface area contributed by atoms with Crippen molar-refractivity contribution in [3.63, 3.8) is 0 Å². The maximum absolute atomic E-state index is 13.2. The Bertz CT molecular complexity index is 496. The van der Waals surface area contributed by atoms with E-state index in [0.717, 1.165) is 15.7 Å². The van der Waals surface area contributed by atoms with E-state index in [-0.39, 0.29) is 11.9 Å². The molecule has 0 fully saturated rings. The highest BCUT2D eigenvalue weighted by Crippen LogP contribution is 2.16. The van der Waals surface area contributed by atoms with Gasteiger partial charge in [-0.2, -0.15) is 0 Å². The molecule has 1 aromatic heterocycles. The Kier molecular flexibility index (Phi) is 4.44. The minimum Gasteiger partial charge on any atom is -0.305 e. The van der Waals surface area contributed by atoms with E-state index in [9.17, 15) is 4.39 Å². The average molecular weight is 309 g/mol. The van der Waals surface area contributed by atoms with Gasteiger partial charge in [0, 0.05) is 23.3 Å². The summed E-state index contributed by atoms with van der Waals surface area (Å²) in [5.41, 5.74) is 1.89. The molecule has 2 aromatic rings. The topological polar surface area (TPSA) is 24.9 Å². The van der Waals surface area contributed by atoms with Crippen LogP contribution in [0, 0.1) is 5.82 Å². The predicted octanol–water partition coefficient (Wildman–Crippen LogP) is 3.83. The van der Waals surface area contributed by atoms with Gasteiger partial charge in [0.25, 0.3) is 0 Å². The number of rotatable bonds is 4. The van der Waals surface area contributed by atoms with Crippen molar-refractivity contribution in [3.05, 3.63) is 64.1 Å². The molecule has 1 atom stereocenters. The third kappa shape index (κ3) is 3.62. The van der Waals surface area contributed by atoms with Gasteiger partial charge in [-0.15, -0.1) is 0 Å². The van der Waals surface area contributed by atoms with Crippen LogP contribution in [0.2, 0.25) is 0 Å². The van der Waals surface area contributed by atoms with Gasteiger partial charge in [0.2, 0.25) is 0 Å². The molecule has 0 saturated carbocycles. The van der Waals surface area contributed by atoms with Crippen molar-refractivity contribution in [2.45, 2.75) is 19.5 Å². The molecule has 4 heteroatoms. The molecule has 0 saturated heterocycles. The summed E-state index contributed by atoms with van der Waals surface area (Å²) in [7, 11) is 0. The third-order valence-electron chi connectivity index (χ3n) is 2.67. The molecule has 0 spiro atoms. The molecule has 1 aromatic carbocycles. The summed E-state index contributed by atoms with van der Waals surface area (Å²) in [6.07, 6.45) is 1.77. The van der Waals surface area contributed by atoms with Gasteiger partial charge < -0.3 is 5.32 Å². The van der Waals surface area contributed by atoms with Crippen molar-refractivity contribution < 1.29 is 4.39 Å². The molecule has 2 rings (SSSR count). The van der Waals surface area contributed by atoms with Crippen LogP contribution in [-0.4, -0.2) is 4.98 Å². The van der Waals surface area contributed by atoms with Crippen molar-refractivity contribution in [3.8, 4) is 0 Å². The molecule has 0 radical (unpaired) electrons. The van der Waals surface area contributed by atoms with Crippen LogP contribution in [0.1, 0.15) is 24.2 Å². The largest absolute Gasteiger partial charge is 0.305 e. The zero-order valence-corrected chi connectivity index (χ0v) is 11.6. The van der Waals surface area contributed by atoms with Crippen LogP contribution in [0.4, 0.5) is 4.39 Å². The monoisotopic (exact) mass is 308 g/mol. The summed E-state index contributed by atoms with van der Waals surface area (Å²) < 4.78 is 14.0. The Morgan fingerprint density at radius 1 is 1.33 bits per heavy atom. The maximum atomic E-state index is 13.2. The number of hydrogen-bond acceptors (Lipinski definition) is 2. The fourth-order valence-electron chi connectivity index (χ4n) is 1.72. The SMILES string of the molecule is CC(NCc1cc(F)cc(Br)c1)c1ccccn1. The minimum atomic E-state index is -0.230. The maximum Gasteiger partial charge on any atom is 0.124 e. The lowest BCUT2D eigenvalue weighted by atomic mass is 10.2. The molecule has 0 bridgehead atoms. The van der Waals surface area contributed by atoms with Gasteiger partial charge in [-0.1, -0.05) is 22.0 Å². The predicted molar refractivity (Wildman–Crippen MR) is 73.6 cm³/mol. The molecule has 94 valence electrons. The first-order valence-electron chi connectivity index (χ1n) is 5.74. The van der Waals surface area contributed by atoms with Gasteiger partial charge in [-0.05, 0) is 42.8 Å². The summed E-state index contributed by atoms with van der Waals surface area (Å²) in [5, 5.41) is 3.32. The minimum absolute atomic E-state index is 0.133. The normalized spacial score (nSPS) is 12.4. The van der Waals surface area contributed by atoms with Gasteiger partial charge in [-0.3, -0.25) is 4.98 Å². The lowest BCUT2D eigenvalue weighted by Crippen LogP contribution is -2.19. The zero-order chi connectivity index (χ0) is 13.0. The Morgan fingerprint density at radius 2 is 2.17 bits per heavy atom. The molecular formula is C14H14BrFN2. The Labute approximate surface area is 114 Å². The van der Waals surface area contributed by atoms with E-state index in [2.05, 4.69) is 26.2 Å². The number of benzene rings is 1. The first-order valence-corrected chi connectivity index (χ1v) is 6.54. The third-order valence-corrected chi connectivity index (χ3v) is 3.12. The highest BCUT2D eigenvalue weighted by atomic mass is 79.9. The fraction of sp³-hybridized carbons (Fsp3) is 0.214. The first-order chi connectivity index (χ1) is 8.65. The van der Waals surface area contributed by atoms with Crippen molar-refractivity contribution in [2.24, 2.45) is 0 Å².